The third-order valence-electron chi connectivity index (χ3n) is 6.06. The predicted octanol–water partition coefficient (Wildman–Crippen LogP) is 1.27. The van der Waals surface area contributed by atoms with Gasteiger partial charge in [-0.25, -0.2) is 0 Å². The molecule has 4 N–H and O–H groups in total. The van der Waals surface area contributed by atoms with E-state index in [1.54, 1.807) is 6.07 Å². The molecule has 2 aliphatic heterocycles. The zero-order valence-corrected chi connectivity index (χ0v) is 16.1. The molecule has 3 rings (SSSR count). The van der Waals surface area contributed by atoms with E-state index in [1.165, 1.54) is 6.07 Å². The monoisotopic (exact) mass is 397 g/mol. The van der Waals surface area contributed by atoms with Gasteiger partial charge in [0.1, 0.15) is 13.4 Å². The van der Waals surface area contributed by atoms with Crippen molar-refractivity contribution in [1.82, 2.24) is 10.2 Å². The third-order valence-corrected chi connectivity index (χ3v) is 6.06. The highest BCUT2D eigenvalue weighted by Crippen LogP contribution is 2.33. The van der Waals surface area contributed by atoms with Gasteiger partial charge < -0.3 is 16.2 Å². The molecule has 0 aromatic heterocycles. The van der Waals surface area contributed by atoms with Crippen LogP contribution in [0.4, 0.5) is 13.2 Å². The summed E-state index contributed by atoms with van der Waals surface area (Å²) < 4.78 is 38.6. The zero-order chi connectivity index (χ0) is 20.5. The van der Waals surface area contributed by atoms with Gasteiger partial charge in [-0.3, -0.25) is 9.69 Å². The molecule has 0 radical (unpaired) electrons. The quantitative estimate of drug-likeness (QED) is 0.631. The number of hydrogen-bond donors (Lipinski definition) is 3. The minimum atomic E-state index is -4.34. The summed E-state index contributed by atoms with van der Waals surface area (Å²) in [5, 5.41) is 12.9. The van der Waals surface area contributed by atoms with E-state index in [0.717, 1.165) is 30.8 Å². The number of aliphatic carboxylic acids is 1. The van der Waals surface area contributed by atoms with Crippen molar-refractivity contribution in [2.24, 2.45) is 11.7 Å². The van der Waals surface area contributed by atoms with Gasteiger partial charge in [-0.05, 0) is 36.1 Å². The van der Waals surface area contributed by atoms with Crippen LogP contribution in [0, 0.1) is 5.92 Å². The maximum atomic E-state index is 12.9. The zero-order valence-electron chi connectivity index (χ0n) is 16.1. The average molecular weight is 397 g/mol. The molecule has 1 saturated heterocycles. The molecule has 9 heteroatoms. The van der Waals surface area contributed by atoms with E-state index in [4.69, 9.17) is 5.73 Å². The number of carbonyl (C=O) groups is 1. The molecule has 154 valence electrons. The second-order valence-electron chi connectivity index (χ2n) is 8.14. The van der Waals surface area contributed by atoms with Gasteiger partial charge in [0.25, 0.3) is 0 Å². The van der Waals surface area contributed by atoms with Crippen molar-refractivity contribution in [2.75, 3.05) is 19.6 Å². The van der Waals surface area contributed by atoms with Gasteiger partial charge in [0.15, 0.2) is 0 Å². The number of carboxylic acids is 1. The predicted molar refractivity (Wildman–Crippen MR) is 103 cm³/mol. The van der Waals surface area contributed by atoms with Gasteiger partial charge in [0.05, 0.1) is 5.56 Å². The van der Waals surface area contributed by atoms with Crippen molar-refractivity contribution in [3.05, 3.63) is 34.9 Å². The molecule has 2 heterocycles. The van der Waals surface area contributed by atoms with Crippen LogP contribution in [0.15, 0.2) is 18.2 Å². The number of hydrogen-bond acceptors (Lipinski definition) is 4. The number of benzene rings is 1. The van der Waals surface area contributed by atoms with Crippen molar-refractivity contribution in [1.29, 1.82) is 0 Å². The molecular weight excluding hydrogens is 370 g/mol. The van der Waals surface area contributed by atoms with Crippen LogP contribution in [0.25, 0.3) is 0 Å². The van der Waals surface area contributed by atoms with Crippen LogP contribution >= 0.6 is 0 Å². The van der Waals surface area contributed by atoms with Crippen LogP contribution in [0.5, 0.6) is 0 Å². The fourth-order valence-corrected chi connectivity index (χ4v) is 4.42. The van der Waals surface area contributed by atoms with Crippen LogP contribution in [0.3, 0.4) is 0 Å². The molecule has 1 unspecified atom stereocenters. The van der Waals surface area contributed by atoms with Gasteiger partial charge in [-0.2, -0.15) is 13.2 Å². The second kappa shape index (κ2) is 8.04. The molecular formula is C19H27BF3N3O2. The number of nitrogens with one attached hydrogen (secondary N) is 1. The third kappa shape index (κ3) is 4.36. The van der Waals surface area contributed by atoms with Crippen molar-refractivity contribution in [3.8, 4) is 0 Å². The van der Waals surface area contributed by atoms with Gasteiger partial charge >= 0.3 is 12.1 Å². The highest BCUT2D eigenvalue weighted by Gasteiger charge is 2.49. The molecule has 0 aliphatic carbocycles. The van der Waals surface area contributed by atoms with Gasteiger partial charge in [0.2, 0.25) is 0 Å². The number of carboxylic acid groups (broad SMARTS) is 1. The standard InChI is InChI=1S/C19H27BF3N3O2/c20-5-1-2-15-9-26(11-18(15,24)17(27)28)10-16-7-12-3-4-14(19(21,22)23)6-13(12)8-25-16/h3-4,6,15-16,25H,1-2,5,7-11,20,24H2,(H,27,28)/t15-,16?,18-/m0/s1. The van der Waals surface area contributed by atoms with Gasteiger partial charge in [-0.1, -0.05) is 18.8 Å². The van der Waals surface area contributed by atoms with Crippen molar-refractivity contribution >= 4 is 13.8 Å². The lowest BCUT2D eigenvalue weighted by atomic mass is 9.83. The number of likely N-dealkylation sites (tertiary alicyclic amines) is 1. The molecule has 0 saturated carbocycles. The Morgan fingerprint density at radius 3 is 2.79 bits per heavy atom. The smallest absolute Gasteiger partial charge is 0.416 e. The first-order valence-electron chi connectivity index (χ1n) is 9.80. The van der Waals surface area contributed by atoms with Gasteiger partial charge in [0, 0.05) is 38.1 Å². The van der Waals surface area contributed by atoms with Crippen molar-refractivity contribution in [2.45, 2.75) is 49.9 Å². The van der Waals surface area contributed by atoms with Crippen molar-refractivity contribution < 1.29 is 23.1 Å². The maximum Gasteiger partial charge on any atom is 0.416 e. The molecule has 2 aliphatic rings. The van der Waals surface area contributed by atoms with E-state index in [-0.39, 0.29) is 12.0 Å². The summed E-state index contributed by atoms with van der Waals surface area (Å²) in [5.41, 5.74) is 5.98. The molecule has 1 fully saturated rings. The van der Waals surface area contributed by atoms with Crippen LogP contribution in [0.2, 0.25) is 6.32 Å². The summed E-state index contributed by atoms with van der Waals surface area (Å²) in [6.45, 7) is 1.95. The molecule has 1 aromatic rings. The Bertz CT molecular complexity index is 731. The number of nitrogens with zero attached hydrogens (tertiary/aromatic N) is 1. The van der Waals surface area contributed by atoms with Crippen LogP contribution in [0.1, 0.15) is 29.5 Å². The van der Waals surface area contributed by atoms with E-state index in [1.807, 2.05) is 0 Å². The lowest BCUT2D eigenvalue weighted by Crippen LogP contribution is -2.55. The lowest BCUT2D eigenvalue weighted by molar-refractivity contribution is -0.144. The fraction of sp³-hybridized carbons (Fsp3) is 0.632. The SMILES string of the molecule is BCCC[C@H]1CN(CC2Cc3ccc(C(F)(F)F)cc3CN2)C[C@@]1(N)C(=O)O. The normalized spacial score (nSPS) is 28.3. The summed E-state index contributed by atoms with van der Waals surface area (Å²) in [4.78, 5) is 13.8. The van der Waals surface area contributed by atoms with Gasteiger partial charge in [-0.15, -0.1) is 0 Å². The largest absolute Gasteiger partial charge is 0.480 e. The topological polar surface area (TPSA) is 78.6 Å². The molecule has 3 atom stereocenters. The molecule has 0 amide bonds. The summed E-state index contributed by atoms with van der Waals surface area (Å²) in [6.07, 6.45) is -0.990. The molecule has 5 nitrogen and oxygen atoms in total. The summed E-state index contributed by atoms with van der Waals surface area (Å²) in [7, 11) is 2.07. The molecule has 28 heavy (non-hydrogen) atoms. The Kier molecular flexibility index (Phi) is 6.07. The number of nitrogens with two attached hydrogens (primary N) is 1. The number of halogens is 3. The Morgan fingerprint density at radius 2 is 2.14 bits per heavy atom. The van der Waals surface area contributed by atoms with E-state index >= 15 is 0 Å². The minimum Gasteiger partial charge on any atom is -0.480 e. The summed E-state index contributed by atoms with van der Waals surface area (Å²) in [6, 6.07) is 3.97. The van der Waals surface area contributed by atoms with Crippen LogP contribution in [-0.2, 0) is 23.9 Å². The fourth-order valence-electron chi connectivity index (χ4n) is 4.42. The number of rotatable bonds is 6. The van der Waals surface area contributed by atoms with Crippen LogP contribution < -0.4 is 11.1 Å². The highest BCUT2D eigenvalue weighted by atomic mass is 19.4. The Morgan fingerprint density at radius 1 is 1.39 bits per heavy atom. The lowest BCUT2D eigenvalue weighted by Gasteiger charge is -2.30. The Labute approximate surface area is 163 Å². The van der Waals surface area contributed by atoms with Crippen LogP contribution in [-0.4, -0.2) is 55.0 Å². The molecule has 0 spiro atoms. The summed E-state index contributed by atoms with van der Waals surface area (Å²) in [5.74, 6) is -1.05. The molecule has 1 aromatic carbocycles. The summed E-state index contributed by atoms with van der Waals surface area (Å²) >= 11 is 0. The Hall–Kier alpha value is -1.58. The first-order valence-corrected chi connectivity index (χ1v) is 9.80. The van der Waals surface area contributed by atoms with E-state index in [9.17, 15) is 23.1 Å². The number of fused-ring (bicyclic) bond motifs is 1. The first-order chi connectivity index (χ1) is 13.1. The molecule has 0 bridgehead atoms. The van der Waals surface area contributed by atoms with E-state index in [0.29, 0.717) is 38.2 Å². The van der Waals surface area contributed by atoms with E-state index < -0.39 is 23.2 Å². The highest BCUT2D eigenvalue weighted by molar-refractivity contribution is 6.08. The second-order valence-corrected chi connectivity index (χ2v) is 8.14. The maximum absolute atomic E-state index is 12.9. The van der Waals surface area contributed by atoms with E-state index in [2.05, 4.69) is 18.1 Å². The average Bonchev–Trinajstić information content (AvgIpc) is 2.95. The number of alkyl halides is 3. The first kappa shape index (κ1) is 21.1. The Balaban J connectivity index is 1.65. The van der Waals surface area contributed by atoms with Crippen molar-refractivity contribution in [3.63, 3.8) is 0 Å². The minimum absolute atomic E-state index is 0.0622.